The highest BCUT2D eigenvalue weighted by Gasteiger charge is 2.10. The third-order valence-corrected chi connectivity index (χ3v) is 3.13. The van der Waals surface area contributed by atoms with Gasteiger partial charge in [0.05, 0.1) is 11.3 Å². The van der Waals surface area contributed by atoms with Crippen molar-refractivity contribution in [3.8, 4) is 5.75 Å². The van der Waals surface area contributed by atoms with Gasteiger partial charge in [-0.1, -0.05) is 12.1 Å². The van der Waals surface area contributed by atoms with Crippen LogP contribution in [0.5, 0.6) is 5.75 Å². The Hall–Kier alpha value is -2.01. The van der Waals surface area contributed by atoms with Crippen molar-refractivity contribution in [2.45, 2.75) is 6.61 Å². The van der Waals surface area contributed by atoms with Gasteiger partial charge < -0.3 is 16.2 Å². The summed E-state index contributed by atoms with van der Waals surface area (Å²) >= 11 is 1.60. The first-order chi connectivity index (χ1) is 8.18. The number of thiophene rings is 1. The van der Waals surface area contributed by atoms with Gasteiger partial charge in [-0.15, -0.1) is 11.3 Å². The first kappa shape index (κ1) is 11.5. The second-order valence-corrected chi connectivity index (χ2v) is 4.48. The van der Waals surface area contributed by atoms with Crippen LogP contribution in [0.3, 0.4) is 0 Å². The number of hydrogen-bond donors (Lipinski definition) is 2. The van der Waals surface area contributed by atoms with Crippen LogP contribution in [0.4, 0.5) is 5.69 Å². The van der Waals surface area contributed by atoms with Crippen LogP contribution in [0.15, 0.2) is 35.7 Å². The molecule has 1 aromatic carbocycles. The van der Waals surface area contributed by atoms with Crippen LogP contribution in [-0.4, -0.2) is 5.91 Å². The third kappa shape index (κ3) is 2.57. The number of nitrogens with two attached hydrogens (primary N) is 2. The summed E-state index contributed by atoms with van der Waals surface area (Å²) in [6.45, 7) is 0.435. The lowest BCUT2D eigenvalue weighted by atomic mass is 10.1. The van der Waals surface area contributed by atoms with E-state index in [1.54, 1.807) is 29.5 Å². The molecule has 1 heterocycles. The van der Waals surface area contributed by atoms with Gasteiger partial charge >= 0.3 is 0 Å². The summed E-state index contributed by atoms with van der Waals surface area (Å²) < 4.78 is 5.55. The van der Waals surface area contributed by atoms with Gasteiger partial charge in [0.25, 0.3) is 5.91 Å². The zero-order valence-corrected chi connectivity index (χ0v) is 9.87. The van der Waals surface area contributed by atoms with Gasteiger partial charge in [0.15, 0.2) is 0 Å². The molecule has 1 aromatic heterocycles. The fourth-order valence-corrected chi connectivity index (χ4v) is 2.04. The summed E-state index contributed by atoms with van der Waals surface area (Å²) in [5.41, 5.74) is 11.6. The average molecular weight is 248 g/mol. The fraction of sp³-hybridized carbons (Fsp3) is 0.0833. The fourth-order valence-electron chi connectivity index (χ4n) is 1.43. The molecule has 0 saturated carbocycles. The number of carbonyl (C=O) groups excluding carboxylic acids is 1. The predicted molar refractivity (Wildman–Crippen MR) is 68.0 cm³/mol. The Morgan fingerprint density at radius 1 is 1.29 bits per heavy atom. The van der Waals surface area contributed by atoms with Crippen LogP contribution in [-0.2, 0) is 6.61 Å². The lowest BCUT2D eigenvalue weighted by Crippen LogP contribution is -2.14. The molecule has 0 saturated heterocycles. The normalized spacial score (nSPS) is 10.1. The molecule has 0 radical (unpaired) electrons. The summed E-state index contributed by atoms with van der Waals surface area (Å²) in [4.78, 5) is 12.2. The standard InChI is InChI=1S/C12H12N2O2S/c13-11-9(12(14)15)4-1-5-10(11)16-7-8-3-2-6-17-8/h1-6H,7,13H2,(H2,14,15). The van der Waals surface area contributed by atoms with Crippen molar-refractivity contribution in [1.29, 1.82) is 0 Å². The number of primary amides is 1. The van der Waals surface area contributed by atoms with Crippen LogP contribution in [0.2, 0.25) is 0 Å². The van der Waals surface area contributed by atoms with Gasteiger partial charge in [0, 0.05) is 4.88 Å². The Morgan fingerprint density at radius 2 is 2.12 bits per heavy atom. The topological polar surface area (TPSA) is 78.3 Å². The van der Waals surface area contributed by atoms with E-state index in [2.05, 4.69) is 0 Å². The molecule has 4 N–H and O–H groups in total. The molecular weight excluding hydrogens is 236 g/mol. The van der Waals surface area contributed by atoms with E-state index in [1.165, 1.54) is 0 Å². The van der Waals surface area contributed by atoms with Gasteiger partial charge in [-0.05, 0) is 23.6 Å². The largest absolute Gasteiger partial charge is 0.486 e. The molecular formula is C12H12N2O2S. The number of amides is 1. The Balaban J connectivity index is 2.16. The minimum atomic E-state index is -0.552. The summed E-state index contributed by atoms with van der Waals surface area (Å²) in [7, 11) is 0. The first-order valence-electron chi connectivity index (χ1n) is 5.02. The monoisotopic (exact) mass is 248 g/mol. The smallest absolute Gasteiger partial charge is 0.250 e. The highest BCUT2D eigenvalue weighted by atomic mass is 32.1. The lowest BCUT2D eigenvalue weighted by Gasteiger charge is -2.09. The van der Waals surface area contributed by atoms with Gasteiger partial charge in [-0.3, -0.25) is 4.79 Å². The second kappa shape index (κ2) is 4.88. The van der Waals surface area contributed by atoms with Crippen molar-refractivity contribution in [1.82, 2.24) is 0 Å². The summed E-state index contributed by atoms with van der Waals surface area (Å²) in [6, 6.07) is 8.91. The van der Waals surface area contributed by atoms with Crippen molar-refractivity contribution in [3.63, 3.8) is 0 Å². The maximum Gasteiger partial charge on any atom is 0.250 e. The molecule has 0 bridgehead atoms. The van der Waals surface area contributed by atoms with Crippen LogP contribution < -0.4 is 16.2 Å². The van der Waals surface area contributed by atoms with Gasteiger partial charge in [0.1, 0.15) is 12.4 Å². The van der Waals surface area contributed by atoms with Gasteiger partial charge in [-0.25, -0.2) is 0 Å². The van der Waals surface area contributed by atoms with E-state index in [-0.39, 0.29) is 11.3 Å². The average Bonchev–Trinajstić information content (AvgIpc) is 2.80. The molecule has 88 valence electrons. The molecule has 0 aliphatic rings. The van der Waals surface area contributed by atoms with E-state index >= 15 is 0 Å². The third-order valence-electron chi connectivity index (χ3n) is 2.28. The SMILES string of the molecule is NC(=O)c1cccc(OCc2cccs2)c1N. The van der Waals surface area contributed by atoms with Crippen LogP contribution in [0.25, 0.3) is 0 Å². The molecule has 2 aromatic rings. The van der Waals surface area contributed by atoms with Crippen molar-refractivity contribution in [3.05, 3.63) is 46.2 Å². The van der Waals surface area contributed by atoms with E-state index in [0.717, 1.165) is 4.88 Å². The Bertz CT molecular complexity index is 523. The number of rotatable bonds is 4. The van der Waals surface area contributed by atoms with Crippen LogP contribution in [0, 0.1) is 0 Å². The van der Waals surface area contributed by atoms with E-state index in [9.17, 15) is 4.79 Å². The number of anilines is 1. The predicted octanol–water partition coefficient (Wildman–Crippen LogP) is 2.01. The molecule has 0 fully saturated rings. The number of ether oxygens (including phenoxy) is 1. The molecule has 4 nitrogen and oxygen atoms in total. The minimum Gasteiger partial charge on any atom is -0.486 e. The number of para-hydroxylation sites is 1. The lowest BCUT2D eigenvalue weighted by molar-refractivity contribution is 0.100. The maximum absolute atomic E-state index is 11.1. The molecule has 5 heteroatoms. The second-order valence-electron chi connectivity index (χ2n) is 3.45. The Kier molecular flexibility index (Phi) is 3.30. The highest BCUT2D eigenvalue weighted by molar-refractivity contribution is 7.09. The maximum atomic E-state index is 11.1. The molecule has 1 amide bonds. The zero-order chi connectivity index (χ0) is 12.3. The summed E-state index contributed by atoms with van der Waals surface area (Å²) in [5.74, 6) is -0.0706. The zero-order valence-electron chi connectivity index (χ0n) is 9.05. The Morgan fingerprint density at radius 3 is 2.76 bits per heavy atom. The first-order valence-corrected chi connectivity index (χ1v) is 5.90. The molecule has 0 atom stereocenters. The number of nitrogen functional groups attached to an aromatic ring is 1. The van der Waals surface area contributed by atoms with Gasteiger partial charge in [0.2, 0.25) is 0 Å². The highest BCUT2D eigenvalue weighted by Crippen LogP contribution is 2.26. The molecule has 0 aliphatic heterocycles. The molecule has 0 aliphatic carbocycles. The van der Waals surface area contributed by atoms with E-state index in [4.69, 9.17) is 16.2 Å². The van der Waals surface area contributed by atoms with E-state index in [0.29, 0.717) is 12.4 Å². The Labute approximate surface area is 103 Å². The summed E-state index contributed by atoms with van der Waals surface area (Å²) in [6.07, 6.45) is 0. The molecule has 0 unspecified atom stereocenters. The van der Waals surface area contributed by atoms with Gasteiger partial charge in [-0.2, -0.15) is 0 Å². The van der Waals surface area contributed by atoms with Crippen molar-refractivity contribution < 1.29 is 9.53 Å². The van der Waals surface area contributed by atoms with Crippen molar-refractivity contribution >= 4 is 22.9 Å². The summed E-state index contributed by atoms with van der Waals surface area (Å²) in [5, 5.41) is 1.97. The molecule has 17 heavy (non-hydrogen) atoms. The van der Waals surface area contributed by atoms with Crippen molar-refractivity contribution in [2.24, 2.45) is 5.73 Å². The van der Waals surface area contributed by atoms with Crippen molar-refractivity contribution in [2.75, 3.05) is 5.73 Å². The number of benzene rings is 1. The van der Waals surface area contributed by atoms with E-state index < -0.39 is 5.91 Å². The molecule has 2 rings (SSSR count). The number of carbonyl (C=O) groups is 1. The van der Waals surface area contributed by atoms with Crippen LogP contribution in [0.1, 0.15) is 15.2 Å². The van der Waals surface area contributed by atoms with E-state index in [1.807, 2.05) is 17.5 Å². The molecule has 0 spiro atoms. The number of hydrogen-bond acceptors (Lipinski definition) is 4. The minimum absolute atomic E-state index is 0.286. The quantitative estimate of drug-likeness (QED) is 0.812. The van der Waals surface area contributed by atoms with Crippen LogP contribution >= 0.6 is 11.3 Å².